The van der Waals surface area contributed by atoms with Crippen molar-refractivity contribution in [3.05, 3.63) is 48.2 Å². The quantitative estimate of drug-likeness (QED) is 0.174. The first-order valence-corrected chi connectivity index (χ1v) is 18.5. The summed E-state index contributed by atoms with van der Waals surface area (Å²) < 4.78 is 46.2. The molecule has 8 rings (SSSR count). The van der Waals surface area contributed by atoms with Gasteiger partial charge in [-0.2, -0.15) is 15.1 Å². The number of rotatable bonds is 12. The number of hydrogen-bond acceptors (Lipinski definition) is 9. The molecule has 1 N–H and O–H groups in total. The van der Waals surface area contributed by atoms with E-state index in [0.29, 0.717) is 17.9 Å². The maximum atomic E-state index is 14.0. The Bertz CT molecular complexity index is 1960. The number of benzene rings is 2. The van der Waals surface area contributed by atoms with E-state index in [1.165, 1.54) is 6.08 Å². The lowest BCUT2D eigenvalue weighted by Crippen LogP contribution is -2.61. The molecule has 0 unspecified atom stereocenters. The molecular weight excluding hydrogens is 668 g/mol. The van der Waals surface area contributed by atoms with Gasteiger partial charge >= 0.3 is 6.01 Å². The smallest absolute Gasteiger partial charge is 0.319 e. The highest BCUT2D eigenvalue weighted by Crippen LogP contribution is 2.53. The van der Waals surface area contributed by atoms with Crippen molar-refractivity contribution in [3.63, 3.8) is 0 Å². The van der Waals surface area contributed by atoms with Gasteiger partial charge in [-0.3, -0.25) is 9.89 Å². The normalized spacial score (nSPS) is 19.5. The van der Waals surface area contributed by atoms with Gasteiger partial charge in [-0.1, -0.05) is 12.6 Å². The molecule has 11 nitrogen and oxygen atoms in total. The number of piperidine rings is 2. The van der Waals surface area contributed by atoms with Gasteiger partial charge in [-0.05, 0) is 86.3 Å². The molecule has 52 heavy (non-hydrogen) atoms. The van der Waals surface area contributed by atoms with Crippen LogP contribution in [0.15, 0.2) is 37.1 Å². The highest BCUT2D eigenvalue weighted by atomic mass is 19.3. The zero-order valence-corrected chi connectivity index (χ0v) is 30.0. The largest absolute Gasteiger partial charge is 0.485 e. The molecule has 0 radical (unpaired) electrons. The van der Waals surface area contributed by atoms with Crippen LogP contribution in [0.5, 0.6) is 11.8 Å². The van der Waals surface area contributed by atoms with E-state index in [4.69, 9.17) is 24.2 Å². The number of nitrogens with one attached hydrogen (secondary N) is 1. The first-order valence-electron chi connectivity index (χ1n) is 18.5. The first-order chi connectivity index (χ1) is 25.3. The molecule has 0 bridgehead atoms. The summed E-state index contributed by atoms with van der Waals surface area (Å²) in [7, 11) is 1.71. The number of halogens is 2. The minimum absolute atomic E-state index is 0.0257. The Balaban J connectivity index is 1.24. The Morgan fingerprint density at radius 3 is 2.54 bits per heavy atom. The molecule has 4 aromatic rings. The van der Waals surface area contributed by atoms with Crippen molar-refractivity contribution in [2.24, 2.45) is 5.41 Å². The predicted molar refractivity (Wildman–Crippen MR) is 195 cm³/mol. The maximum Gasteiger partial charge on any atom is 0.319 e. The highest BCUT2D eigenvalue weighted by molar-refractivity contribution is 6.06. The second kappa shape index (κ2) is 14.2. The monoisotopic (exact) mass is 715 g/mol. The number of hydrogen-bond donors (Lipinski definition) is 1. The van der Waals surface area contributed by atoms with E-state index >= 15 is 0 Å². The van der Waals surface area contributed by atoms with Crippen molar-refractivity contribution in [2.75, 3.05) is 71.0 Å². The van der Waals surface area contributed by atoms with Crippen molar-refractivity contribution in [3.8, 4) is 22.9 Å². The average molecular weight is 716 g/mol. The van der Waals surface area contributed by atoms with Crippen molar-refractivity contribution in [1.29, 1.82) is 0 Å². The van der Waals surface area contributed by atoms with Crippen LogP contribution >= 0.6 is 0 Å². The van der Waals surface area contributed by atoms with Crippen molar-refractivity contribution >= 4 is 33.5 Å². The number of carbonyl (C=O) groups is 1. The Labute approximate surface area is 302 Å². The zero-order valence-electron chi connectivity index (χ0n) is 30.0. The molecule has 1 aliphatic carbocycles. The topological polar surface area (TPSA) is 109 Å². The second-order valence-electron chi connectivity index (χ2n) is 15.0. The van der Waals surface area contributed by atoms with Crippen LogP contribution in [0.3, 0.4) is 0 Å². The van der Waals surface area contributed by atoms with E-state index in [1.807, 2.05) is 24.0 Å². The number of nitrogens with zero attached hydrogens (tertiary/aromatic N) is 6. The number of aryl methyl sites for hydroxylation is 1. The minimum atomic E-state index is -2.67. The van der Waals surface area contributed by atoms with E-state index in [0.717, 1.165) is 129 Å². The molecule has 1 spiro atoms. The summed E-state index contributed by atoms with van der Waals surface area (Å²) >= 11 is 0. The number of aromatic amines is 1. The van der Waals surface area contributed by atoms with Crippen LogP contribution in [0, 0.1) is 12.3 Å². The molecule has 2 aromatic carbocycles. The second-order valence-corrected chi connectivity index (χ2v) is 15.0. The summed E-state index contributed by atoms with van der Waals surface area (Å²) in [6.07, 6.45) is 5.85. The standard InChI is InChI=1S/C39H47F2N7O4/c1-4-32(49)48-22-39(23-48)11-15-47(16-12-39)37-28-19-27(25-6-7-25)34(33-24(2)5-8-30-29(33)20-42-45-30)36(51-21-31(40)41)35(28)43-38(44-37)52-26-9-13-46(14-10-26)17-18-50-3/h4-5,8,19-20,25-26,31H,1,6-7,9-18,21-23H2,2-3H3,(H,42,45). The van der Waals surface area contributed by atoms with Crippen LogP contribution in [0.25, 0.3) is 32.9 Å². The van der Waals surface area contributed by atoms with E-state index in [1.54, 1.807) is 13.3 Å². The highest BCUT2D eigenvalue weighted by Gasteiger charge is 2.46. The molecule has 13 heteroatoms. The van der Waals surface area contributed by atoms with Crippen molar-refractivity contribution in [1.82, 2.24) is 30.0 Å². The SMILES string of the molecule is C=CC(=O)N1CC2(CCN(c3nc(OC4CCN(CCOC)CC4)nc4c(OCC(F)F)c(-c5c(C)ccc6[nH]ncc56)c(C5CC5)cc34)CC2)C1. The molecule has 4 aliphatic rings. The third kappa shape index (κ3) is 6.68. The summed E-state index contributed by atoms with van der Waals surface area (Å²) in [5.41, 5.74) is 5.17. The lowest BCUT2D eigenvalue weighted by atomic mass is 9.72. The number of fused-ring (bicyclic) bond motifs is 2. The molecule has 3 saturated heterocycles. The molecular formula is C39H47F2N7O4. The molecule has 276 valence electrons. The van der Waals surface area contributed by atoms with Gasteiger partial charge in [0.2, 0.25) is 5.91 Å². The number of amides is 1. The van der Waals surface area contributed by atoms with Crippen LogP contribution < -0.4 is 14.4 Å². The fourth-order valence-corrected chi connectivity index (χ4v) is 8.41. The number of carbonyl (C=O) groups excluding carboxylic acids is 1. The van der Waals surface area contributed by atoms with Crippen molar-refractivity contribution in [2.45, 2.75) is 63.9 Å². The molecule has 1 amide bonds. The summed E-state index contributed by atoms with van der Waals surface area (Å²) in [6, 6.07) is 6.43. The van der Waals surface area contributed by atoms with Crippen LogP contribution in [0.2, 0.25) is 0 Å². The number of anilines is 1. The van der Waals surface area contributed by atoms with Gasteiger partial charge in [0.15, 0.2) is 5.75 Å². The summed E-state index contributed by atoms with van der Waals surface area (Å²) in [6.45, 7) is 11.2. The maximum absolute atomic E-state index is 14.0. The third-order valence-corrected chi connectivity index (χ3v) is 11.5. The third-order valence-electron chi connectivity index (χ3n) is 11.5. The number of aromatic nitrogens is 4. The molecule has 0 atom stereocenters. The van der Waals surface area contributed by atoms with Gasteiger partial charge in [0.1, 0.15) is 24.0 Å². The van der Waals surface area contributed by atoms with E-state index < -0.39 is 13.0 Å². The molecule has 4 fully saturated rings. The minimum Gasteiger partial charge on any atom is -0.485 e. The zero-order chi connectivity index (χ0) is 36.0. The summed E-state index contributed by atoms with van der Waals surface area (Å²) in [5.74, 6) is 1.31. The van der Waals surface area contributed by atoms with Crippen LogP contribution in [0.1, 0.15) is 55.6 Å². The number of ether oxygens (including phenoxy) is 3. The molecule has 2 aromatic heterocycles. The summed E-state index contributed by atoms with van der Waals surface area (Å²) in [4.78, 5) is 28.9. The van der Waals surface area contributed by atoms with Gasteiger partial charge < -0.3 is 28.9 Å². The van der Waals surface area contributed by atoms with Crippen LogP contribution in [0.4, 0.5) is 14.6 Å². The first kappa shape index (κ1) is 34.7. The number of methoxy groups -OCH3 is 1. The lowest BCUT2D eigenvalue weighted by Gasteiger charge is -2.54. The Hall–Kier alpha value is -4.36. The Morgan fingerprint density at radius 1 is 1.08 bits per heavy atom. The summed E-state index contributed by atoms with van der Waals surface area (Å²) in [5, 5.41) is 9.09. The molecule has 5 heterocycles. The van der Waals surface area contributed by atoms with E-state index in [2.05, 4.69) is 32.6 Å². The van der Waals surface area contributed by atoms with Gasteiger partial charge in [-0.25, -0.2) is 8.78 Å². The fraction of sp³-hybridized carbons (Fsp3) is 0.538. The van der Waals surface area contributed by atoms with Gasteiger partial charge in [-0.15, -0.1) is 0 Å². The van der Waals surface area contributed by atoms with Gasteiger partial charge in [0.05, 0.1) is 18.3 Å². The molecule has 3 aliphatic heterocycles. The van der Waals surface area contributed by atoms with Crippen LogP contribution in [-0.2, 0) is 9.53 Å². The van der Waals surface area contributed by atoms with Crippen molar-refractivity contribution < 1.29 is 27.8 Å². The molecule has 1 saturated carbocycles. The van der Waals surface area contributed by atoms with E-state index in [-0.39, 0.29) is 29.4 Å². The Morgan fingerprint density at radius 2 is 1.85 bits per heavy atom. The van der Waals surface area contributed by atoms with Gasteiger partial charge in [0.25, 0.3) is 6.43 Å². The fourth-order valence-electron chi connectivity index (χ4n) is 8.41. The lowest BCUT2D eigenvalue weighted by molar-refractivity contribution is -0.139. The Kier molecular flexibility index (Phi) is 9.50. The van der Waals surface area contributed by atoms with Crippen LogP contribution in [-0.4, -0.2) is 115 Å². The number of H-pyrrole nitrogens is 1. The predicted octanol–water partition coefficient (Wildman–Crippen LogP) is 6.11. The van der Waals surface area contributed by atoms with Gasteiger partial charge in [0, 0.05) is 74.7 Å². The van der Waals surface area contributed by atoms with E-state index in [9.17, 15) is 13.6 Å². The number of likely N-dealkylation sites (tertiary alicyclic amines) is 2. The average Bonchev–Trinajstić information content (AvgIpc) is 3.88. The number of alkyl halides is 2.